The van der Waals surface area contributed by atoms with Gasteiger partial charge in [0.25, 0.3) is 0 Å². The summed E-state index contributed by atoms with van der Waals surface area (Å²) in [4.78, 5) is 11.6. The zero-order valence-corrected chi connectivity index (χ0v) is 19.0. The summed E-state index contributed by atoms with van der Waals surface area (Å²) in [5.74, 6) is 6.33. The van der Waals surface area contributed by atoms with Gasteiger partial charge in [-0.3, -0.25) is 9.52 Å². The van der Waals surface area contributed by atoms with Crippen LogP contribution in [0.15, 0.2) is 23.8 Å². The third-order valence-corrected chi connectivity index (χ3v) is 6.76. The Morgan fingerprint density at radius 3 is 2.77 bits per heavy atom. The minimum atomic E-state index is -3.49. The lowest BCUT2D eigenvalue weighted by Crippen LogP contribution is -2.28. The van der Waals surface area contributed by atoms with Crippen LogP contribution in [0.25, 0.3) is 0 Å². The first-order chi connectivity index (χ1) is 14.1. The number of nitrogens with one attached hydrogen (secondary N) is 1. The van der Waals surface area contributed by atoms with Crippen molar-refractivity contribution in [2.75, 3.05) is 6.26 Å². The number of hydrogen-bond acceptors (Lipinski definition) is 5. The van der Waals surface area contributed by atoms with Gasteiger partial charge in [-0.15, -0.1) is 11.8 Å². The second kappa shape index (κ2) is 11.1. The molecular formula is C23H35NO5S. The fraction of sp³-hybridized carbons (Fsp3) is 0.696. The molecule has 168 valence electrons. The molecule has 30 heavy (non-hydrogen) atoms. The summed E-state index contributed by atoms with van der Waals surface area (Å²) >= 11 is 0. The molecule has 1 amide bonds. The fourth-order valence-electron chi connectivity index (χ4n) is 4.58. The van der Waals surface area contributed by atoms with Crippen molar-refractivity contribution >= 4 is 15.9 Å². The van der Waals surface area contributed by atoms with E-state index in [9.17, 15) is 23.4 Å². The van der Waals surface area contributed by atoms with Crippen LogP contribution < -0.4 is 4.72 Å². The number of fused-ring (bicyclic) bond motifs is 1. The molecule has 0 radical (unpaired) electrons. The topological polar surface area (TPSA) is 104 Å². The molecule has 3 N–H and O–H groups in total. The van der Waals surface area contributed by atoms with Crippen LogP contribution in [0.3, 0.4) is 0 Å². The van der Waals surface area contributed by atoms with Gasteiger partial charge in [-0.25, -0.2) is 8.42 Å². The summed E-state index contributed by atoms with van der Waals surface area (Å²) < 4.78 is 24.1. The summed E-state index contributed by atoms with van der Waals surface area (Å²) in [6, 6.07) is 0. The maximum absolute atomic E-state index is 11.6. The molecule has 6 unspecified atom stereocenters. The van der Waals surface area contributed by atoms with Gasteiger partial charge in [-0.2, -0.15) is 0 Å². The summed E-state index contributed by atoms with van der Waals surface area (Å²) in [6.45, 7) is 3.76. The van der Waals surface area contributed by atoms with Crippen molar-refractivity contribution in [2.24, 2.45) is 23.7 Å². The summed E-state index contributed by atoms with van der Waals surface area (Å²) in [7, 11) is -3.49. The van der Waals surface area contributed by atoms with Gasteiger partial charge < -0.3 is 10.2 Å². The van der Waals surface area contributed by atoms with Crippen molar-refractivity contribution in [3.05, 3.63) is 23.8 Å². The Kier molecular flexibility index (Phi) is 9.14. The lowest BCUT2D eigenvalue weighted by Gasteiger charge is -2.19. The van der Waals surface area contributed by atoms with E-state index >= 15 is 0 Å². The van der Waals surface area contributed by atoms with E-state index in [0.717, 1.165) is 31.9 Å². The minimum Gasteiger partial charge on any atom is -0.392 e. The summed E-state index contributed by atoms with van der Waals surface area (Å²) in [5, 5.41) is 20.8. The highest BCUT2D eigenvalue weighted by Gasteiger charge is 2.44. The normalized spacial score (nSPS) is 29.4. The van der Waals surface area contributed by atoms with Crippen molar-refractivity contribution in [2.45, 2.75) is 71.0 Å². The van der Waals surface area contributed by atoms with Crippen LogP contribution >= 0.6 is 0 Å². The third-order valence-electron chi connectivity index (χ3n) is 6.17. The van der Waals surface area contributed by atoms with Crippen LogP contribution in [0.1, 0.15) is 58.8 Å². The standard InChI is InChI=1S/C23H35NO5S/c1-4-5-8-16(2)21(25)12-11-19-20-14-17(13-18(20)15-22(19)26)9-6-7-10-23(27)24-30(3,28)29/h9,11-12,16,18-22,25-26H,6-8,10,13-15H2,1-3H3,(H,24,27). The van der Waals surface area contributed by atoms with Crippen molar-refractivity contribution in [3.8, 4) is 11.8 Å². The fourth-order valence-corrected chi connectivity index (χ4v) is 5.10. The van der Waals surface area contributed by atoms with Gasteiger partial charge >= 0.3 is 0 Å². The largest absolute Gasteiger partial charge is 0.392 e. The number of unbranched alkanes of at least 4 members (excludes halogenated alkanes) is 1. The van der Waals surface area contributed by atoms with Crippen molar-refractivity contribution in [1.82, 2.24) is 4.72 Å². The number of rotatable bonds is 9. The molecule has 0 bridgehead atoms. The number of allylic oxidation sites excluding steroid dienone is 2. The molecule has 0 aromatic carbocycles. The smallest absolute Gasteiger partial charge is 0.233 e. The predicted octanol–water partition coefficient (Wildman–Crippen LogP) is 2.53. The Morgan fingerprint density at radius 1 is 1.37 bits per heavy atom. The first kappa shape index (κ1) is 24.6. The average Bonchev–Trinajstić information content (AvgIpc) is 3.16. The predicted molar refractivity (Wildman–Crippen MR) is 118 cm³/mol. The number of carbonyl (C=O) groups is 1. The Hall–Kier alpha value is -1.62. The summed E-state index contributed by atoms with van der Waals surface area (Å²) in [6.07, 6.45) is 10.9. The number of carbonyl (C=O) groups excluding carboxylic acids is 1. The van der Waals surface area contributed by atoms with Gasteiger partial charge in [0.15, 0.2) is 0 Å². The lowest BCUT2D eigenvalue weighted by atomic mass is 9.89. The second-order valence-corrected chi connectivity index (χ2v) is 10.5. The molecule has 7 heteroatoms. The Labute approximate surface area is 180 Å². The molecule has 0 saturated heterocycles. The van der Waals surface area contributed by atoms with Gasteiger partial charge in [0.1, 0.15) is 0 Å². The lowest BCUT2D eigenvalue weighted by molar-refractivity contribution is -0.119. The molecule has 0 aromatic rings. The first-order valence-corrected chi connectivity index (χ1v) is 12.6. The molecule has 2 saturated carbocycles. The second-order valence-electron chi connectivity index (χ2n) is 8.75. The molecule has 6 atom stereocenters. The van der Waals surface area contributed by atoms with Gasteiger partial charge in [-0.1, -0.05) is 30.7 Å². The minimum absolute atomic E-state index is 0.0561. The van der Waals surface area contributed by atoms with E-state index in [1.54, 1.807) is 6.92 Å². The van der Waals surface area contributed by atoms with Crippen LogP contribution in [0, 0.1) is 35.5 Å². The van der Waals surface area contributed by atoms with Gasteiger partial charge in [-0.05, 0) is 56.8 Å². The average molecular weight is 438 g/mol. The number of hydrogen-bond donors (Lipinski definition) is 3. The van der Waals surface area contributed by atoms with Gasteiger partial charge in [0.2, 0.25) is 15.9 Å². The van der Waals surface area contributed by atoms with Crippen molar-refractivity contribution in [3.63, 3.8) is 0 Å². The van der Waals surface area contributed by atoms with Crippen LogP contribution in [0.2, 0.25) is 0 Å². The van der Waals surface area contributed by atoms with Gasteiger partial charge in [0, 0.05) is 18.8 Å². The zero-order chi connectivity index (χ0) is 22.3. The summed E-state index contributed by atoms with van der Waals surface area (Å²) in [5.41, 5.74) is 1.35. The van der Waals surface area contributed by atoms with E-state index in [4.69, 9.17) is 0 Å². The SMILES string of the molecule is CC#CCC(C)C(O)C=CC1C(O)CC2CC(=CCCCC(=O)NS(C)(=O)=O)CC21. The monoisotopic (exact) mass is 437 g/mol. The molecule has 2 aliphatic carbocycles. The molecule has 2 rings (SSSR count). The molecule has 0 heterocycles. The van der Waals surface area contributed by atoms with E-state index in [2.05, 4.69) is 17.9 Å². The quantitative estimate of drug-likeness (QED) is 0.292. The maximum atomic E-state index is 11.6. The van der Waals surface area contributed by atoms with E-state index in [-0.39, 0.29) is 24.4 Å². The van der Waals surface area contributed by atoms with Gasteiger partial charge in [0.05, 0.1) is 18.5 Å². The molecule has 2 fully saturated rings. The highest BCUT2D eigenvalue weighted by Crippen LogP contribution is 2.50. The number of amides is 1. The van der Waals surface area contributed by atoms with Crippen LogP contribution in [0.4, 0.5) is 0 Å². The van der Waals surface area contributed by atoms with Crippen molar-refractivity contribution in [1.29, 1.82) is 0 Å². The molecular weight excluding hydrogens is 402 g/mol. The highest BCUT2D eigenvalue weighted by molar-refractivity contribution is 7.89. The van der Waals surface area contributed by atoms with Crippen LogP contribution in [-0.4, -0.2) is 43.0 Å². The number of aliphatic hydroxyl groups excluding tert-OH is 2. The molecule has 0 aromatic heterocycles. The van der Waals surface area contributed by atoms with Crippen molar-refractivity contribution < 1.29 is 23.4 Å². The molecule has 2 aliphatic rings. The van der Waals surface area contributed by atoms with E-state index < -0.39 is 22.0 Å². The van der Waals surface area contributed by atoms with Crippen LogP contribution in [-0.2, 0) is 14.8 Å². The number of sulfonamides is 1. The first-order valence-electron chi connectivity index (χ1n) is 10.7. The number of aliphatic hydroxyl groups is 2. The molecule has 0 spiro atoms. The maximum Gasteiger partial charge on any atom is 0.233 e. The van der Waals surface area contributed by atoms with E-state index in [1.165, 1.54) is 5.57 Å². The Bertz CT molecular complexity index is 820. The Morgan fingerprint density at radius 2 is 2.10 bits per heavy atom. The third kappa shape index (κ3) is 7.57. The van der Waals surface area contributed by atoms with E-state index in [0.29, 0.717) is 24.7 Å². The molecule has 6 nitrogen and oxygen atoms in total. The van der Waals surface area contributed by atoms with Crippen LogP contribution in [0.5, 0.6) is 0 Å². The highest BCUT2D eigenvalue weighted by atomic mass is 32.2. The zero-order valence-electron chi connectivity index (χ0n) is 18.2. The van der Waals surface area contributed by atoms with E-state index in [1.807, 2.05) is 23.8 Å². The molecule has 0 aliphatic heterocycles. The Balaban J connectivity index is 1.84.